The van der Waals surface area contributed by atoms with Gasteiger partial charge in [-0.15, -0.1) is 0 Å². The van der Waals surface area contributed by atoms with Gasteiger partial charge in [-0.05, 0) is 12.8 Å². The van der Waals surface area contributed by atoms with Gasteiger partial charge < -0.3 is 4.90 Å². The van der Waals surface area contributed by atoms with Crippen molar-refractivity contribution in [1.29, 1.82) is 0 Å². The lowest BCUT2D eigenvalue weighted by Crippen LogP contribution is -2.52. The number of halogens is 1. The van der Waals surface area contributed by atoms with Gasteiger partial charge in [0, 0.05) is 39.3 Å². The first-order valence-corrected chi connectivity index (χ1v) is 8.25. The van der Waals surface area contributed by atoms with E-state index in [9.17, 15) is 4.79 Å². The SMILES string of the molecule is Cn1ncc(Cl)c1C(=O)N1CCN(C2CCCCC2)CC1. The molecule has 0 spiro atoms. The van der Waals surface area contributed by atoms with Crippen LogP contribution in [0, 0.1) is 0 Å². The fraction of sp³-hybridized carbons (Fsp3) is 0.733. The molecule has 1 saturated heterocycles. The molecule has 2 heterocycles. The van der Waals surface area contributed by atoms with Crippen molar-refractivity contribution in [2.45, 2.75) is 38.1 Å². The first-order chi connectivity index (χ1) is 10.2. The molecule has 1 aliphatic heterocycles. The van der Waals surface area contributed by atoms with Gasteiger partial charge in [0.15, 0.2) is 0 Å². The van der Waals surface area contributed by atoms with Gasteiger partial charge in [0.1, 0.15) is 5.69 Å². The average Bonchev–Trinajstić information content (AvgIpc) is 2.87. The van der Waals surface area contributed by atoms with Gasteiger partial charge in [-0.1, -0.05) is 30.9 Å². The van der Waals surface area contributed by atoms with E-state index in [2.05, 4.69) is 10.00 Å². The summed E-state index contributed by atoms with van der Waals surface area (Å²) in [7, 11) is 1.76. The zero-order valence-electron chi connectivity index (χ0n) is 12.6. The van der Waals surface area contributed by atoms with Crippen molar-refractivity contribution in [2.75, 3.05) is 26.2 Å². The third-order valence-electron chi connectivity index (χ3n) is 4.79. The Balaban J connectivity index is 1.59. The van der Waals surface area contributed by atoms with Crippen LogP contribution in [-0.4, -0.2) is 57.7 Å². The number of hydrogen-bond donors (Lipinski definition) is 0. The Morgan fingerprint density at radius 2 is 1.86 bits per heavy atom. The van der Waals surface area contributed by atoms with E-state index in [-0.39, 0.29) is 5.91 Å². The summed E-state index contributed by atoms with van der Waals surface area (Å²) in [6.45, 7) is 3.53. The van der Waals surface area contributed by atoms with Crippen molar-refractivity contribution < 1.29 is 4.79 Å². The number of amides is 1. The highest BCUT2D eigenvalue weighted by Crippen LogP contribution is 2.24. The maximum atomic E-state index is 12.5. The molecule has 2 fully saturated rings. The number of hydrogen-bond acceptors (Lipinski definition) is 3. The van der Waals surface area contributed by atoms with E-state index in [1.807, 2.05) is 4.90 Å². The predicted octanol–water partition coefficient (Wildman–Crippen LogP) is 2.16. The van der Waals surface area contributed by atoms with Crippen molar-refractivity contribution in [3.05, 3.63) is 16.9 Å². The summed E-state index contributed by atoms with van der Waals surface area (Å²) in [6.07, 6.45) is 8.27. The van der Waals surface area contributed by atoms with E-state index >= 15 is 0 Å². The second-order valence-electron chi connectivity index (χ2n) is 6.08. The van der Waals surface area contributed by atoms with Crippen LogP contribution in [0.4, 0.5) is 0 Å². The van der Waals surface area contributed by atoms with Crippen LogP contribution >= 0.6 is 11.6 Å². The lowest BCUT2D eigenvalue weighted by molar-refractivity contribution is 0.0514. The number of nitrogens with zero attached hydrogens (tertiary/aromatic N) is 4. The molecule has 0 unspecified atom stereocenters. The third-order valence-corrected chi connectivity index (χ3v) is 5.07. The van der Waals surface area contributed by atoms with E-state index < -0.39 is 0 Å². The Hall–Kier alpha value is -1.07. The molecule has 1 aromatic rings. The normalized spacial score (nSPS) is 21.7. The molecule has 116 valence electrons. The van der Waals surface area contributed by atoms with Gasteiger partial charge in [0.2, 0.25) is 0 Å². The lowest BCUT2D eigenvalue weighted by atomic mass is 9.94. The van der Waals surface area contributed by atoms with E-state index in [1.54, 1.807) is 11.7 Å². The predicted molar refractivity (Wildman–Crippen MR) is 82.6 cm³/mol. The first-order valence-electron chi connectivity index (χ1n) is 7.87. The molecule has 0 radical (unpaired) electrons. The smallest absolute Gasteiger partial charge is 0.273 e. The van der Waals surface area contributed by atoms with Crippen LogP contribution in [-0.2, 0) is 7.05 Å². The van der Waals surface area contributed by atoms with Crippen LogP contribution in [0.25, 0.3) is 0 Å². The summed E-state index contributed by atoms with van der Waals surface area (Å²) in [4.78, 5) is 17.0. The molecule has 1 saturated carbocycles. The molecule has 1 aromatic heterocycles. The fourth-order valence-electron chi connectivity index (χ4n) is 3.54. The van der Waals surface area contributed by atoms with E-state index in [0.717, 1.165) is 32.2 Å². The molecule has 5 nitrogen and oxygen atoms in total. The largest absolute Gasteiger partial charge is 0.335 e. The van der Waals surface area contributed by atoms with Crippen molar-refractivity contribution in [2.24, 2.45) is 7.05 Å². The summed E-state index contributed by atoms with van der Waals surface area (Å²) in [5.41, 5.74) is 0.503. The highest BCUT2D eigenvalue weighted by molar-refractivity contribution is 6.33. The topological polar surface area (TPSA) is 41.4 Å². The Morgan fingerprint density at radius 3 is 2.43 bits per heavy atom. The van der Waals surface area contributed by atoms with E-state index in [0.29, 0.717) is 10.7 Å². The number of aryl methyl sites for hydroxylation is 1. The molecular weight excluding hydrogens is 288 g/mol. The zero-order chi connectivity index (χ0) is 14.8. The van der Waals surface area contributed by atoms with Crippen molar-refractivity contribution in [3.8, 4) is 0 Å². The van der Waals surface area contributed by atoms with Gasteiger partial charge in [-0.2, -0.15) is 5.10 Å². The molecule has 0 N–H and O–H groups in total. The quantitative estimate of drug-likeness (QED) is 0.840. The Kier molecular flexibility index (Phi) is 4.50. The lowest BCUT2D eigenvalue weighted by Gasteiger charge is -2.40. The first kappa shape index (κ1) is 14.9. The molecular formula is C15H23ClN4O. The summed E-state index contributed by atoms with van der Waals surface area (Å²) in [6, 6.07) is 0.733. The maximum absolute atomic E-state index is 12.5. The van der Waals surface area contributed by atoms with Crippen LogP contribution in [0.3, 0.4) is 0 Å². The second kappa shape index (κ2) is 6.36. The minimum absolute atomic E-state index is 0.00305. The molecule has 1 amide bonds. The third kappa shape index (κ3) is 3.09. The summed E-state index contributed by atoms with van der Waals surface area (Å²) < 4.78 is 1.57. The molecule has 1 aliphatic carbocycles. The van der Waals surface area contributed by atoms with Gasteiger partial charge >= 0.3 is 0 Å². The monoisotopic (exact) mass is 310 g/mol. The molecule has 6 heteroatoms. The molecule has 0 atom stereocenters. The molecule has 0 bridgehead atoms. The number of aromatic nitrogens is 2. The number of rotatable bonds is 2. The van der Waals surface area contributed by atoms with Crippen molar-refractivity contribution >= 4 is 17.5 Å². The van der Waals surface area contributed by atoms with Crippen LogP contribution in [0.2, 0.25) is 5.02 Å². The van der Waals surface area contributed by atoms with Gasteiger partial charge in [-0.25, -0.2) is 0 Å². The molecule has 2 aliphatic rings. The highest BCUT2D eigenvalue weighted by atomic mass is 35.5. The van der Waals surface area contributed by atoms with Crippen LogP contribution < -0.4 is 0 Å². The zero-order valence-corrected chi connectivity index (χ0v) is 13.3. The standard InChI is InChI=1S/C15H23ClN4O/c1-18-14(13(16)11-17-18)15(21)20-9-7-19(8-10-20)12-5-3-2-4-6-12/h11-12H,2-10H2,1H3. The Morgan fingerprint density at radius 1 is 1.19 bits per heavy atom. The van der Waals surface area contributed by atoms with Gasteiger partial charge in [0.05, 0.1) is 11.2 Å². The Labute approximate surface area is 130 Å². The van der Waals surface area contributed by atoms with Gasteiger partial charge in [-0.3, -0.25) is 14.4 Å². The summed E-state index contributed by atoms with van der Waals surface area (Å²) in [5.74, 6) is 0.00305. The van der Waals surface area contributed by atoms with Gasteiger partial charge in [0.25, 0.3) is 5.91 Å². The minimum Gasteiger partial charge on any atom is -0.335 e. The number of carbonyl (C=O) groups excluding carboxylic acids is 1. The van der Waals surface area contributed by atoms with Crippen LogP contribution in [0.15, 0.2) is 6.20 Å². The highest BCUT2D eigenvalue weighted by Gasteiger charge is 2.29. The summed E-state index contributed by atoms with van der Waals surface area (Å²) in [5, 5.41) is 4.49. The van der Waals surface area contributed by atoms with Crippen molar-refractivity contribution in [1.82, 2.24) is 19.6 Å². The molecule has 3 rings (SSSR count). The number of carbonyl (C=O) groups is 1. The number of piperazine rings is 1. The maximum Gasteiger partial charge on any atom is 0.273 e. The Bertz CT molecular complexity index is 482. The molecule has 0 aromatic carbocycles. The van der Waals surface area contributed by atoms with Crippen LogP contribution in [0.5, 0.6) is 0 Å². The van der Waals surface area contributed by atoms with E-state index in [4.69, 9.17) is 11.6 Å². The summed E-state index contributed by atoms with van der Waals surface area (Å²) >= 11 is 6.07. The minimum atomic E-state index is 0.00305. The van der Waals surface area contributed by atoms with Crippen LogP contribution in [0.1, 0.15) is 42.6 Å². The van der Waals surface area contributed by atoms with E-state index in [1.165, 1.54) is 38.3 Å². The fourth-order valence-corrected chi connectivity index (χ4v) is 3.78. The second-order valence-corrected chi connectivity index (χ2v) is 6.49. The molecule has 21 heavy (non-hydrogen) atoms. The van der Waals surface area contributed by atoms with Crippen molar-refractivity contribution in [3.63, 3.8) is 0 Å². The average molecular weight is 311 g/mol.